The van der Waals surface area contributed by atoms with Crippen molar-refractivity contribution in [2.75, 3.05) is 17.2 Å². The van der Waals surface area contributed by atoms with E-state index < -0.39 is 0 Å². The molecule has 0 spiro atoms. The average molecular weight is 294 g/mol. The molecule has 20 heavy (non-hydrogen) atoms. The van der Waals surface area contributed by atoms with E-state index in [1.807, 2.05) is 14.0 Å². The summed E-state index contributed by atoms with van der Waals surface area (Å²) in [5.74, 6) is -0.255. The maximum Gasteiger partial charge on any atom is 0.286 e. The lowest BCUT2D eigenvalue weighted by Gasteiger charge is -2.00. The molecule has 2 aromatic heterocycles. The average Bonchev–Trinajstić information content (AvgIpc) is 3.03. The zero-order valence-corrected chi connectivity index (χ0v) is 12.6. The van der Waals surface area contributed by atoms with E-state index in [-0.39, 0.29) is 5.91 Å². The van der Waals surface area contributed by atoms with Crippen LogP contribution in [-0.4, -0.2) is 32.4 Å². The highest BCUT2D eigenvalue weighted by Gasteiger charge is 2.15. The Balaban J connectivity index is 2.05. The Labute approximate surface area is 121 Å². The minimum atomic E-state index is -0.255. The Kier molecular flexibility index (Phi) is 4.67. The van der Waals surface area contributed by atoms with Crippen LogP contribution in [0.3, 0.4) is 0 Å². The number of carbonyl (C=O) groups is 1. The normalized spacial score (nSPS) is 10.6. The monoisotopic (exact) mass is 294 g/mol. The highest BCUT2D eigenvalue weighted by atomic mass is 32.1. The molecule has 0 bridgehead atoms. The van der Waals surface area contributed by atoms with Crippen LogP contribution in [0.4, 0.5) is 10.8 Å². The summed E-state index contributed by atoms with van der Waals surface area (Å²) in [4.78, 5) is 12.1. The summed E-state index contributed by atoms with van der Waals surface area (Å²) in [5, 5.41) is 19.1. The van der Waals surface area contributed by atoms with Crippen LogP contribution >= 0.6 is 11.3 Å². The van der Waals surface area contributed by atoms with Gasteiger partial charge >= 0.3 is 0 Å². The van der Waals surface area contributed by atoms with E-state index in [4.69, 9.17) is 0 Å². The number of amides is 1. The fourth-order valence-electron chi connectivity index (χ4n) is 1.69. The highest BCUT2D eigenvalue weighted by molar-refractivity contribution is 7.17. The van der Waals surface area contributed by atoms with E-state index in [9.17, 15) is 4.79 Å². The van der Waals surface area contributed by atoms with Gasteiger partial charge in [-0.15, -0.1) is 10.2 Å². The Morgan fingerprint density at radius 1 is 1.40 bits per heavy atom. The van der Waals surface area contributed by atoms with Gasteiger partial charge < -0.3 is 10.6 Å². The van der Waals surface area contributed by atoms with Crippen LogP contribution in [0.2, 0.25) is 0 Å². The molecule has 0 aliphatic carbocycles. The first-order chi connectivity index (χ1) is 9.63. The molecule has 0 aromatic carbocycles. The van der Waals surface area contributed by atoms with Crippen molar-refractivity contribution in [2.45, 2.75) is 26.7 Å². The van der Waals surface area contributed by atoms with Crippen LogP contribution in [0.25, 0.3) is 0 Å². The number of carbonyl (C=O) groups excluding carboxylic acids is 1. The predicted molar refractivity (Wildman–Crippen MR) is 79.2 cm³/mol. The standard InChI is InChI=1S/C12H18N6OS/c1-4-6-13-12-16-15-11(20-12)10(19)14-9-7-18(3)17-8(9)5-2/h7H,4-6H2,1-3H3,(H,13,16)(H,14,19). The smallest absolute Gasteiger partial charge is 0.286 e. The third-order valence-corrected chi connectivity index (χ3v) is 3.51. The second-order valence-corrected chi connectivity index (χ2v) is 5.29. The van der Waals surface area contributed by atoms with Crippen LogP contribution in [0.1, 0.15) is 35.8 Å². The molecule has 0 atom stereocenters. The van der Waals surface area contributed by atoms with Crippen LogP contribution in [0.15, 0.2) is 6.20 Å². The molecule has 0 saturated carbocycles. The molecule has 2 aromatic rings. The zero-order chi connectivity index (χ0) is 14.5. The van der Waals surface area contributed by atoms with Gasteiger partial charge in [0.25, 0.3) is 5.91 Å². The summed E-state index contributed by atoms with van der Waals surface area (Å²) in [7, 11) is 1.83. The lowest BCUT2D eigenvalue weighted by atomic mass is 10.3. The predicted octanol–water partition coefficient (Wildman–Crippen LogP) is 1.91. The molecular formula is C12H18N6OS. The molecule has 0 aliphatic rings. The SMILES string of the molecule is CCCNc1nnc(C(=O)Nc2cn(C)nc2CC)s1. The van der Waals surface area contributed by atoms with Crippen molar-refractivity contribution >= 4 is 28.1 Å². The molecule has 0 aliphatic heterocycles. The molecule has 0 radical (unpaired) electrons. The molecular weight excluding hydrogens is 276 g/mol. The Morgan fingerprint density at radius 3 is 2.90 bits per heavy atom. The fraction of sp³-hybridized carbons (Fsp3) is 0.500. The number of nitrogens with zero attached hydrogens (tertiary/aromatic N) is 4. The summed E-state index contributed by atoms with van der Waals surface area (Å²) >= 11 is 1.25. The third-order valence-electron chi connectivity index (χ3n) is 2.63. The van der Waals surface area contributed by atoms with Crippen molar-refractivity contribution in [1.29, 1.82) is 0 Å². The summed E-state index contributed by atoms with van der Waals surface area (Å²) < 4.78 is 1.68. The van der Waals surface area contributed by atoms with Crippen molar-refractivity contribution in [1.82, 2.24) is 20.0 Å². The molecule has 7 nitrogen and oxygen atoms in total. The van der Waals surface area contributed by atoms with Crippen LogP contribution in [0, 0.1) is 0 Å². The summed E-state index contributed by atoms with van der Waals surface area (Å²) in [6.07, 6.45) is 3.54. The molecule has 2 N–H and O–H groups in total. The fourth-order valence-corrected chi connectivity index (χ4v) is 2.36. The lowest BCUT2D eigenvalue weighted by Crippen LogP contribution is -2.12. The van der Waals surface area contributed by atoms with Crippen LogP contribution in [0.5, 0.6) is 0 Å². The summed E-state index contributed by atoms with van der Waals surface area (Å²) in [5.41, 5.74) is 1.58. The lowest BCUT2D eigenvalue weighted by molar-refractivity contribution is 0.102. The number of aromatic nitrogens is 4. The number of rotatable bonds is 6. The topological polar surface area (TPSA) is 84.7 Å². The summed E-state index contributed by atoms with van der Waals surface area (Å²) in [6, 6.07) is 0. The Morgan fingerprint density at radius 2 is 2.20 bits per heavy atom. The number of nitrogens with one attached hydrogen (secondary N) is 2. The van der Waals surface area contributed by atoms with Crippen molar-refractivity contribution in [3.05, 3.63) is 16.9 Å². The van der Waals surface area contributed by atoms with E-state index in [1.54, 1.807) is 10.9 Å². The van der Waals surface area contributed by atoms with Gasteiger partial charge in [-0.25, -0.2) is 0 Å². The van der Waals surface area contributed by atoms with Gasteiger partial charge in [0.15, 0.2) is 0 Å². The quantitative estimate of drug-likeness (QED) is 0.850. The molecule has 0 fully saturated rings. The van der Waals surface area contributed by atoms with Gasteiger partial charge in [-0.3, -0.25) is 9.48 Å². The minimum absolute atomic E-state index is 0.255. The molecule has 2 heterocycles. The Bertz CT molecular complexity index is 591. The van der Waals surface area contributed by atoms with Gasteiger partial charge in [0.1, 0.15) is 0 Å². The highest BCUT2D eigenvalue weighted by Crippen LogP contribution is 2.19. The van der Waals surface area contributed by atoms with E-state index in [1.165, 1.54) is 11.3 Å². The second-order valence-electron chi connectivity index (χ2n) is 4.31. The molecule has 8 heteroatoms. The molecule has 0 saturated heterocycles. The molecule has 108 valence electrons. The van der Waals surface area contributed by atoms with Crippen LogP contribution < -0.4 is 10.6 Å². The van der Waals surface area contributed by atoms with Gasteiger partial charge in [-0.1, -0.05) is 25.2 Å². The number of hydrogen-bond acceptors (Lipinski definition) is 6. The van der Waals surface area contributed by atoms with Crippen LogP contribution in [-0.2, 0) is 13.5 Å². The maximum absolute atomic E-state index is 12.1. The van der Waals surface area contributed by atoms with Gasteiger partial charge in [0, 0.05) is 19.8 Å². The zero-order valence-electron chi connectivity index (χ0n) is 11.8. The van der Waals surface area contributed by atoms with Gasteiger partial charge in [0.05, 0.1) is 11.4 Å². The first-order valence-corrected chi connectivity index (χ1v) is 7.37. The molecule has 2 rings (SSSR count). The number of aryl methyl sites for hydroxylation is 2. The van der Waals surface area contributed by atoms with E-state index in [0.29, 0.717) is 10.1 Å². The number of anilines is 2. The van der Waals surface area contributed by atoms with Gasteiger partial charge in [0.2, 0.25) is 10.1 Å². The second kappa shape index (κ2) is 6.47. The largest absolute Gasteiger partial charge is 0.360 e. The van der Waals surface area contributed by atoms with Crippen molar-refractivity contribution in [3.63, 3.8) is 0 Å². The minimum Gasteiger partial charge on any atom is -0.360 e. The first kappa shape index (κ1) is 14.4. The van der Waals surface area contributed by atoms with Gasteiger partial charge in [-0.05, 0) is 12.8 Å². The first-order valence-electron chi connectivity index (χ1n) is 6.55. The Hall–Kier alpha value is -1.96. The van der Waals surface area contributed by atoms with Crippen molar-refractivity contribution in [3.8, 4) is 0 Å². The molecule has 1 amide bonds. The van der Waals surface area contributed by atoms with Gasteiger partial charge in [-0.2, -0.15) is 5.10 Å². The van der Waals surface area contributed by atoms with E-state index >= 15 is 0 Å². The molecule has 0 unspecified atom stereocenters. The third kappa shape index (κ3) is 3.32. The van der Waals surface area contributed by atoms with E-state index in [2.05, 4.69) is 32.9 Å². The van der Waals surface area contributed by atoms with E-state index in [0.717, 1.165) is 30.8 Å². The number of hydrogen-bond donors (Lipinski definition) is 2. The summed E-state index contributed by atoms with van der Waals surface area (Å²) in [6.45, 7) is 4.88. The van der Waals surface area contributed by atoms with Crippen molar-refractivity contribution < 1.29 is 4.79 Å². The maximum atomic E-state index is 12.1. The van der Waals surface area contributed by atoms with Crippen molar-refractivity contribution in [2.24, 2.45) is 7.05 Å².